The average Bonchev–Trinajstić information content (AvgIpc) is 3.66. The van der Waals surface area contributed by atoms with Gasteiger partial charge in [0.15, 0.2) is 0 Å². The minimum absolute atomic E-state index is 0.0561. The third-order valence-electron chi connectivity index (χ3n) is 9.23. The summed E-state index contributed by atoms with van der Waals surface area (Å²) in [6.45, 7) is 0. The second kappa shape index (κ2) is 9.42. The van der Waals surface area contributed by atoms with Gasteiger partial charge >= 0.3 is 0 Å². The van der Waals surface area contributed by atoms with Gasteiger partial charge < -0.3 is 4.57 Å². The summed E-state index contributed by atoms with van der Waals surface area (Å²) in [5.41, 5.74) is 10.5. The van der Waals surface area contributed by atoms with Crippen molar-refractivity contribution in [1.29, 1.82) is 0 Å². The number of rotatable bonds is 3. The lowest BCUT2D eigenvalue weighted by Crippen LogP contribution is -2.30. The first kappa shape index (κ1) is 24.8. The Morgan fingerprint density at radius 2 is 1.44 bits per heavy atom. The largest absolute Gasteiger partial charge is 0.318 e. The first-order chi connectivity index (χ1) is 22.3. The van der Waals surface area contributed by atoms with Crippen LogP contribution < -0.4 is 4.58 Å². The number of benzene rings is 4. The molecule has 4 aromatic heterocycles. The number of hydrogen-bond acceptors (Lipinski definition) is 3. The summed E-state index contributed by atoms with van der Waals surface area (Å²) in [7, 11) is 0. The molecule has 45 heavy (non-hydrogen) atoms. The molecule has 1 aliphatic heterocycles. The lowest BCUT2D eigenvalue weighted by molar-refractivity contribution is 0.781. The van der Waals surface area contributed by atoms with E-state index in [9.17, 15) is 0 Å². The summed E-state index contributed by atoms with van der Waals surface area (Å²) in [6, 6.07) is 35.4. The molecular weight excluding hydrogens is 569 g/mol. The van der Waals surface area contributed by atoms with Crippen LogP contribution in [0.1, 0.15) is 6.04 Å². The van der Waals surface area contributed by atoms with Crippen LogP contribution in [0.3, 0.4) is 0 Å². The standard InChI is InChI=1S/C40H25N4S/c1-4-15-37-30(10-1)31-16-17-35-38(40(31)45-37)32-11-5-14-36-39(32)44(35)34-13-3-2-12-33(34)43(36)29-21-27(25-8-6-18-41-23-25)20-28(22-29)26-9-7-19-42-24-26/h1-24,34H/q+1. The number of aromatic nitrogens is 3. The number of hydrogen-bond donors (Lipinski definition) is 0. The molecule has 1 aliphatic carbocycles. The molecule has 0 N–H and O–H groups in total. The second-order valence-electron chi connectivity index (χ2n) is 11.7. The Hall–Kier alpha value is -5.65. The van der Waals surface area contributed by atoms with E-state index in [1.807, 2.05) is 48.3 Å². The highest BCUT2D eigenvalue weighted by Gasteiger charge is 2.38. The van der Waals surface area contributed by atoms with Crippen molar-refractivity contribution in [3.05, 3.63) is 146 Å². The predicted octanol–water partition coefficient (Wildman–Crippen LogP) is 10.2. The van der Waals surface area contributed by atoms with Gasteiger partial charge in [-0.05, 0) is 41.5 Å². The van der Waals surface area contributed by atoms with Crippen molar-refractivity contribution >= 4 is 70.4 Å². The molecule has 0 spiro atoms. The molecule has 4 nitrogen and oxygen atoms in total. The molecular formula is C40H25N4S+. The van der Waals surface area contributed by atoms with Crippen molar-refractivity contribution in [3.8, 4) is 22.3 Å². The quantitative estimate of drug-likeness (QED) is 0.191. The second-order valence-corrected chi connectivity index (χ2v) is 12.7. The highest BCUT2D eigenvalue weighted by atomic mass is 32.1. The molecule has 0 amide bonds. The minimum atomic E-state index is 0.0561. The van der Waals surface area contributed by atoms with E-state index in [2.05, 4.69) is 128 Å². The van der Waals surface area contributed by atoms with E-state index < -0.39 is 0 Å². The smallest absolute Gasteiger partial charge is 0.235 e. The molecule has 0 saturated carbocycles. The van der Waals surface area contributed by atoms with Crippen LogP contribution in [-0.4, -0.2) is 20.2 Å². The van der Waals surface area contributed by atoms with Crippen molar-refractivity contribution in [3.63, 3.8) is 0 Å². The fourth-order valence-electron chi connectivity index (χ4n) is 7.33. The molecule has 0 bridgehead atoms. The number of fused-ring (bicyclic) bond motifs is 9. The van der Waals surface area contributed by atoms with Gasteiger partial charge in [0.1, 0.15) is 11.6 Å². The molecule has 1 unspecified atom stereocenters. The number of thiophene rings is 1. The van der Waals surface area contributed by atoms with Gasteiger partial charge in [0.2, 0.25) is 17.1 Å². The molecule has 1 atom stereocenters. The summed E-state index contributed by atoms with van der Waals surface area (Å²) in [6.07, 6.45) is 16.5. The van der Waals surface area contributed by atoms with Gasteiger partial charge in [0.05, 0.1) is 5.52 Å². The zero-order valence-electron chi connectivity index (χ0n) is 24.1. The van der Waals surface area contributed by atoms with E-state index in [0.29, 0.717) is 0 Å². The van der Waals surface area contributed by atoms with Gasteiger partial charge in [-0.15, -0.1) is 11.3 Å². The molecule has 5 heterocycles. The summed E-state index contributed by atoms with van der Waals surface area (Å²) in [5.74, 6) is 0. The van der Waals surface area contributed by atoms with Crippen LogP contribution in [0.15, 0.2) is 146 Å². The fraction of sp³-hybridized carbons (Fsp3) is 0.0250. The summed E-state index contributed by atoms with van der Waals surface area (Å²) in [4.78, 5) is 8.89. The Bertz CT molecular complexity index is 2530. The monoisotopic (exact) mass is 593 g/mol. The third kappa shape index (κ3) is 3.56. The number of para-hydroxylation sites is 1. The number of nitrogens with zero attached hydrogens (tertiary/aromatic N) is 4. The highest BCUT2D eigenvalue weighted by molar-refractivity contribution is 7.26. The van der Waals surface area contributed by atoms with E-state index >= 15 is 0 Å². The van der Waals surface area contributed by atoms with Crippen LogP contribution >= 0.6 is 11.3 Å². The first-order valence-corrected chi connectivity index (χ1v) is 16.0. The Balaban J connectivity index is 1.31. The SMILES string of the molecule is C1=CC2=[N+](c3cc(-c4cccnc4)cc(-c4cccnc4)c3)c3cccc4c5c6sc7ccccc7c6ccc5n(c34)C2C=C1. The molecule has 0 saturated heterocycles. The Kier molecular flexibility index (Phi) is 5.18. The highest BCUT2D eigenvalue weighted by Crippen LogP contribution is 2.48. The van der Waals surface area contributed by atoms with E-state index in [-0.39, 0.29) is 6.04 Å². The van der Waals surface area contributed by atoms with Crippen LogP contribution in [-0.2, 0) is 0 Å². The molecule has 10 rings (SSSR count). The van der Waals surface area contributed by atoms with Crippen LogP contribution in [0, 0.1) is 0 Å². The van der Waals surface area contributed by atoms with Crippen LogP contribution in [0.25, 0.3) is 64.2 Å². The Morgan fingerprint density at radius 3 is 2.22 bits per heavy atom. The van der Waals surface area contributed by atoms with E-state index in [4.69, 9.17) is 0 Å². The first-order valence-electron chi connectivity index (χ1n) is 15.2. The zero-order valence-corrected chi connectivity index (χ0v) is 24.9. The van der Waals surface area contributed by atoms with Gasteiger partial charge in [0.25, 0.3) is 0 Å². The van der Waals surface area contributed by atoms with Gasteiger partial charge in [-0.2, -0.15) is 4.58 Å². The van der Waals surface area contributed by atoms with Gasteiger partial charge in [-0.1, -0.05) is 66.8 Å². The zero-order chi connectivity index (χ0) is 29.5. The van der Waals surface area contributed by atoms with E-state index in [1.54, 1.807) is 0 Å². The molecule has 4 aromatic carbocycles. The maximum atomic E-state index is 4.44. The maximum Gasteiger partial charge on any atom is 0.235 e. The van der Waals surface area contributed by atoms with Crippen molar-refractivity contribution in [2.24, 2.45) is 0 Å². The van der Waals surface area contributed by atoms with Crippen molar-refractivity contribution in [2.75, 3.05) is 0 Å². The minimum Gasteiger partial charge on any atom is -0.318 e. The van der Waals surface area contributed by atoms with Crippen LogP contribution in [0.2, 0.25) is 0 Å². The molecule has 210 valence electrons. The average molecular weight is 594 g/mol. The Morgan fingerprint density at radius 1 is 0.667 bits per heavy atom. The van der Waals surface area contributed by atoms with Gasteiger partial charge in [0, 0.05) is 91.1 Å². The van der Waals surface area contributed by atoms with E-state index in [0.717, 1.165) is 27.9 Å². The number of allylic oxidation sites excluding steroid dienone is 4. The van der Waals surface area contributed by atoms with Crippen LogP contribution in [0.5, 0.6) is 0 Å². The topological polar surface area (TPSA) is 33.7 Å². The van der Waals surface area contributed by atoms with Crippen LogP contribution in [0.4, 0.5) is 11.4 Å². The predicted molar refractivity (Wildman–Crippen MR) is 189 cm³/mol. The summed E-state index contributed by atoms with van der Waals surface area (Å²) in [5, 5.41) is 5.30. The van der Waals surface area contributed by atoms with Crippen molar-refractivity contribution in [1.82, 2.24) is 19.1 Å². The summed E-state index contributed by atoms with van der Waals surface area (Å²) < 4.78 is 7.71. The molecule has 0 fully saturated rings. The lowest BCUT2D eigenvalue weighted by atomic mass is 9.97. The van der Waals surface area contributed by atoms with Gasteiger partial charge in [-0.3, -0.25) is 9.97 Å². The van der Waals surface area contributed by atoms with E-state index in [1.165, 1.54) is 53.4 Å². The fourth-order valence-corrected chi connectivity index (χ4v) is 8.59. The lowest BCUT2D eigenvalue weighted by Gasteiger charge is -2.25. The normalized spacial score (nSPS) is 15.5. The molecule has 5 heteroatoms. The molecule has 0 radical (unpaired) electrons. The number of pyridine rings is 2. The third-order valence-corrected chi connectivity index (χ3v) is 10.4. The van der Waals surface area contributed by atoms with Crippen molar-refractivity contribution in [2.45, 2.75) is 6.04 Å². The van der Waals surface area contributed by atoms with Crippen molar-refractivity contribution < 1.29 is 0 Å². The molecule has 8 aromatic rings. The summed E-state index contributed by atoms with van der Waals surface area (Å²) >= 11 is 1.90. The van der Waals surface area contributed by atoms with Gasteiger partial charge in [-0.25, -0.2) is 0 Å². The molecule has 2 aliphatic rings. The Labute approximate surface area is 263 Å². The maximum absolute atomic E-state index is 4.44.